The van der Waals surface area contributed by atoms with Crippen LogP contribution >= 0.6 is 11.3 Å². The zero-order valence-corrected chi connectivity index (χ0v) is 12.7. The zero-order chi connectivity index (χ0) is 15.1. The highest BCUT2D eigenvalue weighted by atomic mass is 32.1. The molecule has 2 rings (SSSR count). The van der Waals surface area contributed by atoms with E-state index in [9.17, 15) is 4.79 Å². The number of benzene rings is 1. The summed E-state index contributed by atoms with van der Waals surface area (Å²) in [6, 6.07) is 10.1. The lowest BCUT2D eigenvalue weighted by atomic mass is 10.1. The quantitative estimate of drug-likeness (QED) is 0.772. The molecule has 0 aliphatic rings. The van der Waals surface area contributed by atoms with Gasteiger partial charge in [-0.2, -0.15) is 0 Å². The second kappa shape index (κ2) is 7.64. The number of carboxylic acids is 1. The van der Waals surface area contributed by atoms with Gasteiger partial charge in [-0.25, -0.2) is 4.79 Å². The van der Waals surface area contributed by atoms with E-state index < -0.39 is 5.97 Å². The van der Waals surface area contributed by atoms with Crippen LogP contribution in [-0.4, -0.2) is 11.1 Å². The molecule has 4 heteroatoms. The predicted molar refractivity (Wildman–Crippen MR) is 85.8 cm³/mol. The number of hydrogen-bond acceptors (Lipinski definition) is 3. The van der Waals surface area contributed by atoms with Crippen molar-refractivity contribution in [3.05, 3.63) is 57.8 Å². The number of ether oxygens (including phenoxy) is 1. The molecule has 0 aliphatic heterocycles. The molecule has 1 aromatic carbocycles. The van der Waals surface area contributed by atoms with Crippen molar-refractivity contribution in [1.29, 1.82) is 0 Å². The molecule has 3 nitrogen and oxygen atoms in total. The lowest BCUT2D eigenvalue weighted by Gasteiger charge is -2.05. The summed E-state index contributed by atoms with van der Waals surface area (Å²) in [6.07, 6.45) is 4.95. The number of aryl methyl sites for hydroxylation is 1. The van der Waals surface area contributed by atoms with Gasteiger partial charge in [-0.3, -0.25) is 0 Å². The maximum atomic E-state index is 10.5. The molecule has 0 radical (unpaired) electrons. The minimum atomic E-state index is -0.939. The fourth-order valence-electron chi connectivity index (χ4n) is 1.92. The lowest BCUT2D eigenvalue weighted by molar-refractivity contribution is -0.131. The Morgan fingerprint density at radius 2 is 2.10 bits per heavy atom. The molecule has 0 spiro atoms. The Hall–Kier alpha value is -2.07. The number of thiophene rings is 1. The summed E-state index contributed by atoms with van der Waals surface area (Å²) in [5.74, 6) is -0.0861. The van der Waals surface area contributed by atoms with E-state index in [-0.39, 0.29) is 0 Å². The summed E-state index contributed by atoms with van der Waals surface area (Å²) in [4.78, 5) is 11.5. The van der Waals surface area contributed by atoms with Crippen LogP contribution in [0.2, 0.25) is 0 Å². The first-order valence-corrected chi connectivity index (χ1v) is 7.75. The minimum absolute atomic E-state index is 0.499. The first kappa shape index (κ1) is 15.3. The molecule has 0 bridgehead atoms. The van der Waals surface area contributed by atoms with Gasteiger partial charge in [0.2, 0.25) is 0 Å². The first-order valence-electron chi connectivity index (χ1n) is 6.87. The standard InChI is InChI=1S/C17H18O3S/c1-2-3-13-4-7-15(8-5-13)20-11-16-10-14(12-21-16)6-9-17(18)19/h4-10,12H,2-3,11H2,1H3,(H,18,19). The highest BCUT2D eigenvalue weighted by Crippen LogP contribution is 2.20. The molecule has 0 saturated carbocycles. The fraction of sp³-hybridized carbons (Fsp3) is 0.235. The Morgan fingerprint density at radius 3 is 2.76 bits per heavy atom. The summed E-state index contributed by atoms with van der Waals surface area (Å²) < 4.78 is 5.73. The molecule has 0 aliphatic carbocycles. The molecular formula is C17H18O3S. The molecule has 110 valence electrons. The van der Waals surface area contributed by atoms with Gasteiger partial charge >= 0.3 is 5.97 Å². The van der Waals surface area contributed by atoms with Crippen LogP contribution in [0.3, 0.4) is 0 Å². The third-order valence-electron chi connectivity index (χ3n) is 2.94. The third-order valence-corrected chi connectivity index (χ3v) is 3.86. The predicted octanol–water partition coefficient (Wildman–Crippen LogP) is 4.38. The van der Waals surface area contributed by atoms with E-state index in [2.05, 4.69) is 19.1 Å². The maximum Gasteiger partial charge on any atom is 0.328 e. The van der Waals surface area contributed by atoms with Crippen LogP contribution in [0.15, 0.2) is 41.8 Å². The molecule has 0 unspecified atom stereocenters. The van der Waals surface area contributed by atoms with Gasteiger partial charge in [-0.1, -0.05) is 25.5 Å². The van der Waals surface area contributed by atoms with E-state index in [0.29, 0.717) is 6.61 Å². The molecule has 0 fully saturated rings. The molecule has 1 heterocycles. The smallest absolute Gasteiger partial charge is 0.328 e. The highest BCUT2D eigenvalue weighted by Gasteiger charge is 2.00. The molecule has 0 atom stereocenters. The van der Waals surface area contributed by atoms with Crippen LogP contribution in [0.5, 0.6) is 5.75 Å². The van der Waals surface area contributed by atoms with Gasteiger partial charge in [0.15, 0.2) is 0 Å². The number of hydrogen-bond donors (Lipinski definition) is 1. The normalized spacial score (nSPS) is 10.9. The van der Waals surface area contributed by atoms with E-state index in [0.717, 1.165) is 35.1 Å². The van der Waals surface area contributed by atoms with Gasteiger partial charge < -0.3 is 9.84 Å². The molecule has 1 aromatic heterocycles. The number of carbonyl (C=O) groups is 1. The lowest BCUT2D eigenvalue weighted by Crippen LogP contribution is -1.93. The van der Waals surface area contributed by atoms with Crippen LogP contribution in [0.1, 0.15) is 29.3 Å². The monoisotopic (exact) mass is 302 g/mol. The summed E-state index contributed by atoms with van der Waals surface area (Å²) >= 11 is 1.56. The van der Waals surface area contributed by atoms with E-state index in [1.54, 1.807) is 17.4 Å². The zero-order valence-electron chi connectivity index (χ0n) is 11.9. The van der Waals surface area contributed by atoms with Crippen molar-refractivity contribution in [2.75, 3.05) is 0 Å². The molecule has 0 amide bonds. The van der Waals surface area contributed by atoms with Gasteiger partial charge in [0, 0.05) is 11.0 Å². The summed E-state index contributed by atoms with van der Waals surface area (Å²) in [7, 11) is 0. The van der Waals surface area contributed by atoms with Crippen LogP contribution < -0.4 is 4.74 Å². The van der Waals surface area contributed by atoms with Gasteiger partial charge in [0.1, 0.15) is 12.4 Å². The summed E-state index contributed by atoms with van der Waals surface area (Å²) in [6.45, 7) is 2.66. The Labute approximate surface area is 128 Å². The van der Waals surface area contributed by atoms with Crippen molar-refractivity contribution >= 4 is 23.4 Å². The van der Waals surface area contributed by atoms with Crippen molar-refractivity contribution in [2.24, 2.45) is 0 Å². The number of aliphatic carboxylic acids is 1. The van der Waals surface area contributed by atoms with Gasteiger partial charge in [0.05, 0.1) is 0 Å². The molecule has 21 heavy (non-hydrogen) atoms. The molecule has 0 saturated heterocycles. The van der Waals surface area contributed by atoms with E-state index >= 15 is 0 Å². The first-order chi connectivity index (χ1) is 10.2. The molecule has 2 aromatic rings. The third kappa shape index (κ3) is 5.08. The molecule has 1 N–H and O–H groups in total. The summed E-state index contributed by atoms with van der Waals surface area (Å²) in [5.41, 5.74) is 2.21. The van der Waals surface area contributed by atoms with Crippen LogP contribution in [0.25, 0.3) is 6.08 Å². The Balaban J connectivity index is 1.89. The average Bonchev–Trinajstić information content (AvgIpc) is 2.93. The molecular weight excluding hydrogens is 284 g/mol. The van der Waals surface area contributed by atoms with Gasteiger partial charge in [0.25, 0.3) is 0 Å². The Morgan fingerprint density at radius 1 is 1.33 bits per heavy atom. The van der Waals surface area contributed by atoms with Crippen molar-refractivity contribution in [1.82, 2.24) is 0 Å². The topological polar surface area (TPSA) is 46.5 Å². The van der Waals surface area contributed by atoms with Gasteiger partial charge in [-0.05, 0) is 47.2 Å². The highest BCUT2D eigenvalue weighted by molar-refractivity contribution is 7.10. The maximum absolute atomic E-state index is 10.5. The van der Waals surface area contributed by atoms with Crippen molar-refractivity contribution in [2.45, 2.75) is 26.4 Å². The fourth-order valence-corrected chi connectivity index (χ4v) is 2.69. The number of carboxylic acid groups (broad SMARTS) is 1. The van der Waals surface area contributed by atoms with Crippen LogP contribution in [0.4, 0.5) is 0 Å². The van der Waals surface area contributed by atoms with Crippen molar-refractivity contribution < 1.29 is 14.6 Å². The van der Waals surface area contributed by atoms with E-state index in [4.69, 9.17) is 9.84 Å². The SMILES string of the molecule is CCCc1ccc(OCc2cc(C=CC(=O)O)cs2)cc1. The Kier molecular flexibility index (Phi) is 5.58. The second-order valence-electron chi connectivity index (χ2n) is 4.70. The summed E-state index contributed by atoms with van der Waals surface area (Å²) in [5, 5.41) is 10.5. The van der Waals surface area contributed by atoms with Gasteiger partial charge in [-0.15, -0.1) is 11.3 Å². The largest absolute Gasteiger partial charge is 0.488 e. The average molecular weight is 302 g/mol. The second-order valence-corrected chi connectivity index (χ2v) is 5.70. The Bertz CT molecular complexity index is 611. The van der Waals surface area contributed by atoms with Crippen LogP contribution in [0, 0.1) is 0 Å². The van der Waals surface area contributed by atoms with Crippen molar-refractivity contribution in [3.63, 3.8) is 0 Å². The van der Waals surface area contributed by atoms with Crippen LogP contribution in [-0.2, 0) is 17.8 Å². The van der Waals surface area contributed by atoms with Crippen molar-refractivity contribution in [3.8, 4) is 5.75 Å². The minimum Gasteiger partial charge on any atom is -0.488 e. The number of rotatable bonds is 7. The van der Waals surface area contributed by atoms with E-state index in [1.807, 2.05) is 23.6 Å². The van der Waals surface area contributed by atoms with E-state index in [1.165, 1.54) is 5.56 Å².